The smallest absolute Gasteiger partial charge is 0.323 e. The molecule has 0 radical (unpaired) electrons. The van der Waals surface area contributed by atoms with Gasteiger partial charge in [0.15, 0.2) is 0 Å². The minimum atomic E-state index is -1.33. The van der Waals surface area contributed by atoms with E-state index in [9.17, 15) is 14.4 Å². The van der Waals surface area contributed by atoms with Crippen molar-refractivity contribution in [2.45, 2.75) is 12.1 Å². The average molecular weight is 158 g/mol. The number of carbonyl (C=O) groups is 3. The van der Waals surface area contributed by atoms with Crippen molar-refractivity contribution in [3.05, 3.63) is 0 Å². The predicted octanol–water partition coefficient (Wildman–Crippen LogP) is -2.53. The van der Waals surface area contributed by atoms with Crippen molar-refractivity contribution in [1.82, 2.24) is 5.32 Å². The van der Waals surface area contributed by atoms with Crippen LogP contribution < -0.4 is 11.1 Å². The highest BCUT2D eigenvalue weighted by Gasteiger charge is 2.43. The monoisotopic (exact) mass is 158 g/mol. The van der Waals surface area contributed by atoms with Gasteiger partial charge in [-0.3, -0.25) is 14.4 Å². The molecule has 1 aliphatic rings. The maximum absolute atomic E-state index is 10.6. The summed E-state index contributed by atoms with van der Waals surface area (Å²) in [5.74, 6) is -2.84. The Morgan fingerprint density at radius 3 is 2.45 bits per heavy atom. The average Bonchev–Trinajstić information content (AvgIpc) is 1.98. The van der Waals surface area contributed by atoms with Gasteiger partial charge in [-0.05, 0) is 0 Å². The van der Waals surface area contributed by atoms with E-state index in [4.69, 9.17) is 10.8 Å². The van der Waals surface area contributed by atoms with Crippen molar-refractivity contribution in [2.24, 2.45) is 5.73 Å². The Morgan fingerprint density at radius 1 is 1.64 bits per heavy atom. The summed E-state index contributed by atoms with van der Waals surface area (Å²) in [5, 5.41) is 10.4. The number of carbonyl (C=O) groups excluding carboxylic acids is 2. The first kappa shape index (κ1) is 7.67. The van der Waals surface area contributed by atoms with Crippen LogP contribution in [0.4, 0.5) is 0 Å². The molecule has 0 saturated carbocycles. The van der Waals surface area contributed by atoms with E-state index in [1.54, 1.807) is 0 Å². The van der Waals surface area contributed by atoms with Gasteiger partial charge in [-0.15, -0.1) is 0 Å². The number of hydrogen-bond donors (Lipinski definition) is 3. The largest absolute Gasteiger partial charge is 0.480 e. The Morgan fingerprint density at radius 2 is 2.18 bits per heavy atom. The van der Waals surface area contributed by atoms with Gasteiger partial charge < -0.3 is 16.2 Å². The maximum Gasteiger partial charge on any atom is 0.323 e. The van der Waals surface area contributed by atoms with Gasteiger partial charge in [0, 0.05) is 0 Å². The van der Waals surface area contributed by atoms with Crippen molar-refractivity contribution in [3.63, 3.8) is 0 Å². The van der Waals surface area contributed by atoms with Crippen LogP contribution in [-0.4, -0.2) is 34.8 Å². The lowest BCUT2D eigenvalue weighted by molar-refractivity contribution is -0.151. The summed E-state index contributed by atoms with van der Waals surface area (Å²) in [7, 11) is 0. The molecule has 0 unspecified atom stereocenters. The highest BCUT2D eigenvalue weighted by atomic mass is 16.4. The van der Waals surface area contributed by atoms with Crippen LogP contribution in [0.25, 0.3) is 0 Å². The summed E-state index contributed by atoms with van der Waals surface area (Å²) in [5.41, 5.74) is 5.04. The van der Waals surface area contributed by atoms with Crippen LogP contribution in [0.15, 0.2) is 0 Å². The lowest BCUT2D eigenvalue weighted by Crippen LogP contribution is -2.68. The fourth-order valence-electron chi connectivity index (χ4n) is 0.737. The minimum Gasteiger partial charge on any atom is -0.480 e. The van der Waals surface area contributed by atoms with Crippen molar-refractivity contribution in [1.29, 1.82) is 0 Å². The number of β-lactam (4-membered cyclic amide) rings is 1. The zero-order chi connectivity index (χ0) is 8.59. The van der Waals surface area contributed by atoms with Crippen molar-refractivity contribution in [3.8, 4) is 0 Å². The predicted molar refractivity (Wildman–Crippen MR) is 32.5 cm³/mol. The Kier molecular flexibility index (Phi) is 1.61. The number of aliphatic carboxylic acids is 1. The molecular weight excluding hydrogens is 152 g/mol. The van der Waals surface area contributed by atoms with E-state index in [0.29, 0.717) is 0 Å². The number of hydrogen-bond acceptors (Lipinski definition) is 4. The molecule has 0 aromatic carbocycles. The second-order valence-corrected chi connectivity index (χ2v) is 2.18. The Hall–Kier alpha value is -1.43. The normalized spacial score (nSPS) is 25.4. The zero-order valence-corrected chi connectivity index (χ0v) is 5.40. The van der Waals surface area contributed by atoms with E-state index < -0.39 is 29.7 Å². The van der Waals surface area contributed by atoms with Gasteiger partial charge in [-0.1, -0.05) is 0 Å². The van der Waals surface area contributed by atoms with Gasteiger partial charge in [0.1, 0.15) is 12.1 Å². The van der Waals surface area contributed by atoms with E-state index >= 15 is 0 Å². The third-order valence-corrected chi connectivity index (χ3v) is 1.44. The van der Waals surface area contributed by atoms with Crippen LogP contribution >= 0.6 is 0 Å². The summed E-state index contributed by atoms with van der Waals surface area (Å²) >= 11 is 0. The van der Waals surface area contributed by atoms with Gasteiger partial charge in [0.25, 0.3) is 5.91 Å². The molecule has 2 atom stereocenters. The summed E-state index contributed by atoms with van der Waals surface area (Å²) in [6.45, 7) is 0. The quantitative estimate of drug-likeness (QED) is 0.303. The number of carboxylic acid groups (broad SMARTS) is 1. The molecule has 6 nitrogen and oxygen atoms in total. The second-order valence-electron chi connectivity index (χ2n) is 2.18. The van der Waals surface area contributed by atoms with Crippen LogP contribution in [0.3, 0.4) is 0 Å². The molecule has 1 fully saturated rings. The first-order valence-electron chi connectivity index (χ1n) is 2.87. The maximum atomic E-state index is 10.6. The molecule has 1 saturated heterocycles. The third-order valence-electron chi connectivity index (χ3n) is 1.44. The van der Waals surface area contributed by atoms with Crippen LogP contribution in [-0.2, 0) is 14.4 Å². The molecular formula is C5H6N2O4. The molecule has 1 aliphatic heterocycles. The number of ketones is 1. The number of nitrogens with two attached hydrogens (primary N) is 1. The van der Waals surface area contributed by atoms with Crippen LogP contribution in [0.5, 0.6) is 0 Å². The van der Waals surface area contributed by atoms with Crippen molar-refractivity contribution in [2.75, 3.05) is 0 Å². The molecule has 1 rings (SSSR count). The highest BCUT2D eigenvalue weighted by molar-refractivity contribution is 6.45. The molecule has 0 aromatic rings. The van der Waals surface area contributed by atoms with Gasteiger partial charge in [0.05, 0.1) is 0 Å². The van der Waals surface area contributed by atoms with Gasteiger partial charge >= 0.3 is 5.97 Å². The molecule has 1 amide bonds. The van der Waals surface area contributed by atoms with Gasteiger partial charge in [-0.25, -0.2) is 0 Å². The van der Waals surface area contributed by atoms with Crippen LogP contribution in [0.1, 0.15) is 0 Å². The standard InChI is InChI=1S/C5H6N2O4/c6-1(5(10)11)2-3(8)4(9)7-2/h1-2H,6H2,(H,7,9)(H,10,11)/t1-,2+/m1/s1. The fourth-order valence-corrected chi connectivity index (χ4v) is 0.737. The molecule has 0 spiro atoms. The van der Waals surface area contributed by atoms with E-state index in [1.165, 1.54) is 0 Å². The van der Waals surface area contributed by atoms with Gasteiger partial charge in [-0.2, -0.15) is 0 Å². The van der Waals surface area contributed by atoms with E-state index in [1.807, 2.05) is 0 Å². The molecule has 0 aliphatic carbocycles. The Balaban J connectivity index is 2.59. The number of Topliss-reactive ketones (excluding diaryl/α,β-unsaturated/α-hetero) is 1. The summed E-state index contributed by atoms with van der Waals surface area (Å²) in [4.78, 5) is 31.0. The molecule has 4 N–H and O–H groups in total. The first-order valence-corrected chi connectivity index (χ1v) is 2.87. The number of nitrogens with one attached hydrogen (secondary N) is 1. The topological polar surface area (TPSA) is 109 Å². The van der Waals surface area contributed by atoms with Gasteiger partial charge in [0.2, 0.25) is 5.78 Å². The summed E-state index contributed by atoms with van der Waals surface area (Å²) in [6.07, 6.45) is 0. The molecule has 0 aromatic heterocycles. The summed E-state index contributed by atoms with van der Waals surface area (Å²) in [6, 6.07) is -2.37. The summed E-state index contributed by atoms with van der Waals surface area (Å²) < 4.78 is 0. The Bertz CT molecular complexity index is 237. The van der Waals surface area contributed by atoms with E-state index in [2.05, 4.69) is 5.32 Å². The van der Waals surface area contributed by atoms with Crippen LogP contribution in [0, 0.1) is 0 Å². The molecule has 11 heavy (non-hydrogen) atoms. The van der Waals surface area contributed by atoms with Crippen molar-refractivity contribution >= 4 is 17.7 Å². The number of rotatable bonds is 2. The first-order chi connectivity index (χ1) is 5.04. The molecule has 60 valence electrons. The van der Waals surface area contributed by atoms with Crippen LogP contribution in [0.2, 0.25) is 0 Å². The van der Waals surface area contributed by atoms with E-state index in [0.717, 1.165) is 0 Å². The van der Waals surface area contributed by atoms with Crippen molar-refractivity contribution < 1.29 is 19.5 Å². The second kappa shape index (κ2) is 2.31. The Labute approximate surface area is 61.4 Å². The molecule has 6 heteroatoms. The van der Waals surface area contributed by atoms with E-state index in [-0.39, 0.29) is 0 Å². The number of amides is 1. The highest BCUT2D eigenvalue weighted by Crippen LogP contribution is 2.02. The lowest BCUT2D eigenvalue weighted by atomic mass is 9.97. The fraction of sp³-hybridized carbons (Fsp3) is 0.400. The third kappa shape index (κ3) is 1.07. The lowest BCUT2D eigenvalue weighted by Gasteiger charge is -2.27. The minimum absolute atomic E-state index is 0.764. The SMILES string of the molecule is N[C@@H](C(=O)O)[C@@H]1NC(=O)C1=O. The zero-order valence-electron chi connectivity index (χ0n) is 5.40. The molecule has 1 heterocycles. The molecule has 0 bridgehead atoms. The number of carboxylic acids is 1.